The SMILES string of the molecule is CCC(C)(N)C(=O)Cc1ccc(Br)cc1. The smallest absolute Gasteiger partial charge is 0.156 e. The molecule has 3 heteroatoms. The highest BCUT2D eigenvalue weighted by Gasteiger charge is 2.25. The Labute approximate surface area is 99.0 Å². The Bertz CT molecular complexity index is 343. The van der Waals surface area contributed by atoms with E-state index in [0.29, 0.717) is 12.8 Å². The van der Waals surface area contributed by atoms with Crippen LogP contribution in [-0.2, 0) is 11.2 Å². The molecule has 2 nitrogen and oxygen atoms in total. The van der Waals surface area contributed by atoms with Crippen LogP contribution in [0.15, 0.2) is 28.7 Å². The summed E-state index contributed by atoms with van der Waals surface area (Å²) in [5.41, 5.74) is 6.18. The summed E-state index contributed by atoms with van der Waals surface area (Å²) in [5.74, 6) is 0.0901. The normalized spacial score (nSPS) is 14.7. The number of rotatable bonds is 4. The quantitative estimate of drug-likeness (QED) is 0.914. The number of carbonyl (C=O) groups excluding carboxylic acids is 1. The van der Waals surface area contributed by atoms with Gasteiger partial charge in [-0.25, -0.2) is 0 Å². The molecular weight excluding hydrogens is 254 g/mol. The molecule has 0 aliphatic rings. The lowest BCUT2D eigenvalue weighted by Gasteiger charge is -2.20. The summed E-state index contributed by atoms with van der Waals surface area (Å²) in [6, 6.07) is 7.74. The number of carbonyl (C=O) groups is 1. The van der Waals surface area contributed by atoms with Gasteiger partial charge in [-0.1, -0.05) is 35.0 Å². The average Bonchev–Trinajstić information content (AvgIpc) is 2.21. The molecule has 1 atom stereocenters. The summed E-state index contributed by atoms with van der Waals surface area (Å²) in [6.07, 6.45) is 1.08. The Morgan fingerprint density at radius 2 is 1.93 bits per heavy atom. The molecule has 1 unspecified atom stereocenters. The average molecular weight is 270 g/mol. The van der Waals surface area contributed by atoms with Gasteiger partial charge < -0.3 is 5.73 Å². The lowest BCUT2D eigenvalue weighted by Crippen LogP contribution is -2.45. The molecule has 0 spiro atoms. The van der Waals surface area contributed by atoms with Crippen molar-refractivity contribution in [2.75, 3.05) is 0 Å². The minimum Gasteiger partial charge on any atom is -0.319 e. The Balaban J connectivity index is 2.71. The van der Waals surface area contributed by atoms with Gasteiger partial charge in [-0.3, -0.25) is 4.79 Å². The third kappa shape index (κ3) is 3.43. The molecule has 15 heavy (non-hydrogen) atoms. The van der Waals surface area contributed by atoms with E-state index >= 15 is 0 Å². The Hall–Kier alpha value is -0.670. The topological polar surface area (TPSA) is 43.1 Å². The number of benzene rings is 1. The Morgan fingerprint density at radius 3 is 2.40 bits per heavy atom. The minimum absolute atomic E-state index is 0.0901. The van der Waals surface area contributed by atoms with Gasteiger partial charge in [0.15, 0.2) is 5.78 Å². The van der Waals surface area contributed by atoms with Crippen LogP contribution in [0.3, 0.4) is 0 Å². The van der Waals surface area contributed by atoms with Gasteiger partial charge in [0.1, 0.15) is 0 Å². The predicted octanol–water partition coefficient (Wildman–Crippen LogP) is 2.69. The first-order chi connectivity index (χ1) is 6.95. The molecule has 2 N–H and O–H groups in total. The lowest BCUT2D eigenvalue weighted by atomic mass is 9.90. The summed E-state index contributed by atoms with van der Waals surface area (Å²) in [5, 5.41) is 0. The maximum Gasteiger partial charge on any atom is 0.156 e. The van der Waals surface area contributed by atoms with E-state index in [1.165, 1.54) is 0 Å². The zero-order valence-corrected chi connectivity index (χ0v) is 10.7. The minimum atomic E-state index is -0.701. The number of hydrogen-bond acceptors (Lipinski definition) is 2. The van der Waals surface area contributed by atoms with E-state index in [-0.39, 0.29) is 5.78 Å². The molecule has 1 aromatic rings. The largest absolute Gasteiger partial charge is 0.319 e. The second-order valence-corrected chi connectivity index (χ2v) is 4.91. The van der Waals surface area contributed by atoms with Crippen molar-refractivity contribution in [3.05, 3.63) is 34.3 Å². The lowest BCUT2D eigenvalue weighted by molar-refractivity contribution is -0.123. The van der Waals surface area contributed by atoms with Gasteiger partial charge in [-0.2, -0.15) is 0 Å². The highest BCUT2D eigenvalue weighted by atomic mass is 79.9. The summed E-state index contributed by atoms with van der Waals surface area (Å²) in [6.45, 7) is 3.72. The summed E-state index contributed by atoms with van der Waals surface area (Å²) >= 11 is 3.36. The molecule has 0 aliphatic carbocycles. The van der Waals surface area contributed by atoms with Crippen LogP contribution in [0.25, 0.3) is 0 Å². The first kappa shape index (κ1) is 12.4. The molecule has 0 radical (unpaired) electrons. The summed E-state index contributed by atoms with van der Waals surface area (Å²) in [4.78, 5) is 11.8. The van der Waals surface area contributed by atoms with Crippen LogP contribution in [0, 0.1) is 0 Å². The van der Waals surface area contributed by atoms with E-state index in [1.54, 1.807) is 6.92 Å². The maximum atomic E-state index is 11.8. The van der Waals surface area contributed by atoms with Crippen molar-refractivity contribution >= 4 is 21.7 Å². The van der Waals surface area contributed by atoms with Crippen LogP contribution in [-0.4, -0.2) is 11.3 Å². The van der Waals surface area contributed by atoms with Gasteiger partial charge in [0.2, 0.25) is 0 Å². The van der Waals surface area contributed by atoms with Crippen LogP contribution in [0.5, 0.6) is 0 Å². The number of nitrogens with two attached hydrogens (primary N) is 1. The molecule has 1 aromatic carbocycles. The highest BCUT2D eigenvalue weighted by Crippen LogP contribution is 2.14. The predicted molar refractivity (Wildman–Crippen MR) is 65.7 cm³/mol. The number of ketones is 1. The second-order valence-electron chi connectivity index (χ2n) is 4.00. The monoisotopic (exact) mass is 269 g/mol. The molecule has 0 amide bonds. The molecule has 0 aliphatic heterocycles. The number of hydrogen-bond donors (Lipinski definition) is 1. The van der Waals surface area contributed by atoms with Crippen LogP contribution >= 0.6 is 15.9 Å². The maximum absolute atomic E-state index is 11.8. The van der Waals surface area contributed by atoms with Gasteiger partial charge in [0.25, 0.3) is 0 Å². The highest BCUT2D eigenvalue weighted by molar-refractivity contribution is 9.10. The van der Waals surface area contributed by atoms with Gasteiger partial charge in [0.05, 0.1) is 5.54 Å². The van der Waals surface area contributed by atoms with E-state index in [1.807, 2.05) is 31.2 Å². The summed E-state index contributed by atoms with van der Waals surface area (Å²) < 4.78 is 1.02. The molecule has 0 bridgehead atoms. The van der Waals surface area contributed by atoms with Crippen molar-refractivity contribution < 1.29 is 4.79 Å². The first-order valence-corrected chi connectivity index (χ1v) is 5.81. The van der Waals surface area contributed by atoms with Gasteiger partial charge in [0, 0.05) is 10.9 Å². The van der Waals surface area contributed by atoms with E-state index in [9.17, 15) is 4.79 Å². The molecule has 0 fully saturated rings. The first-order valence-electron chi connectivity index (χ1n) is 5.02. The van der Waals surface area contributed by atoms with Crippen LogP contribution < -0.4 is 5.73 Å². The molecule has 0 aromatic heterocycles. The Kier molecular flexibility index (Phi) is 4.05. The molecule has 0 heterocycles. The van der Waals surface area contributed by atoms with Crippen molar-refractivity contribution in [1.82, 2.24) is 0 Å². The fourth-order valence-corrected chi connectivity index (χ4v) is 1.45. The fourth-order valence-electron chi connectivity index (χ4n) is 1.19. The third-order valence-electron chi connectivity index (χ3n) is 2.65. The summed E-state index contributed by atoms with van der Waals surface area (Å²) in [7, 11) is 0. The zero-order chi connectivity index (χ0) is 11.5. The van der Waals surface area contributed by atoms with Gasteiger partial charge in [-0.15, -0.1) is 0 Å². The molecule has 0 saturated heterocycles. The standard InChI is InChI=1S/C12H16BrNO/c1-3-12(2,14)11(15)8-9-4-6-10(13)7-5-9/h4-7H,3,8,14H2,1-2H3. The van der Waals surface area contributed by atoms with E-state index in [2.05, 4.69) is 15.9 Å². The van der Waals surface area contributed by atoms with Gasteiger partial charge in [-0.05, 0) is 31.0 Å². The van der Waals surface area contributed by atoms with Crippen molar-refractivity contribution in [3.63, 3.8) is 0 Å². The van der Waals surface area contributed by atoms with Crippen LogP contribution in [0.2, 0.25) is 0 Å². The van der Waals surface area contributed by atoms with Gasteiger partial charge >= 0.3 is 0 Å². The fraction of sp³-hybridized carbons (Fsp3) is 0.417. The van der Waals surface area contributed by atoms with Crippen molar-refractivity contribution in [3.8, 4) is 0 Å². The molecular formula is C12H16BrNO. The second kappa shape index (κ2) is 4.90. The van der Waals surface area contributed by atoms with Crippen molar-refractivity contribution in [1.29, 1.82) is 0 Å². The van der Waals surface area contributed by atoms with E-state index < -0.39 is 5.54 Å². The zero-order valence-electron chi connectivity index (χ0n) is 9.09. The van der Waals surface area contributed by atoms with Crippen molar-refractivity contribution in [2.45, 2.75) is 32.2 Å². The van der Waals surface area contributed by atoms with Crippen LogP contribution in [0.1, 0.15) is 25.8 Å². The third-order valence-corrected chi connectivity index (χ3v) is 3.18. The van der Waals surface area contributed by atoms with E-state index in [0.717, 1.165) is 10.0 Å². The van der Waals surface area contributed by atoms with Crippen molar-refractivity contribution in [2.24, 2.45) is 5.73 Å². The Morgan fingerprint density at radius 1 is 1.40 bits per heavy atom. The molecule has 0 saturated carbocycles. The molecule has 1 rings (SSSR count). The number of Topliss-reactive ketones (excluding diaryl/α,β-unsaturated/α-hetero) is 1. The molecule has 82 valence electrons. The van der Waals surface area contributed by atoms with E-state index in [4.69, 9.17) is 5.73 Å². The number of halogens is 1. The van der Waals surface area contributed by atoms with Crippen LogP contribution in [0.4, 0.5) is 0 Å².